The Morgan fingerprint density at radius 2 is 1.78 bits per heavy atom. The maximum absolute atomic E-state index is 3.55. The van der Waals surface area contributed by atoms with Crippen LogP contribution in [-0.2, 0) is 6.42 Å². The summed E-state index contributed by atoms with van der Waals surface area (Å²) in [5.41, 5.74) is 6.61. The number of para-hydroxylation sites is 1. The van der Waals surface area contributed by atoms with Crippen molar-refractivity contribution in [1.82, 2.24) is 15.6 Å². The number of nitrogens with zero attached hydrogens (tertiary/aromatic N) is 1. The van der Waals surface area contributed by atoms with Gasteiger partial charge in [-0.15, -0.1) is 0 Å². The summed E-state index contributed by atoms with van der Waals surface area (Å²) in [4.78, 5) is 5.91. The van der Waals surface area contributed by atoms with Crippen molar-refractivity contribution in [3.05, 3.63) is 59.8 Å². The Hall–Kier alpha value is -2.30. The van der Waals surface area contributed by atoms with Crippen molar-refractivity contribution in [3.8, 4) is 0 Å². The van der Waals surface area contributed by atoms with Gasteiger partial charge in [0.25, 0.3) is 0 Å². The van der Waals surface area contributed by atoms with Crippen LogP contribution in [0.2, 0.25) is 0 Å². The lowest BCUT2D eigenvalue weighted by molar-refractivity contribution is 0.593. The second-order valence-electron chi connectivity index (χ2n) is 6.32. The lowest BCUT2D eigenvalue weighted by Crippen LogP contribution is -2.22. The SMILES string of the molecule is c1ccc2c(c1)CCN2c1c[nH]c2cccc(C3NCCN3)c12. The number of rotatable bonds is 2. The number of hydrogen-bond donors (Lipinski definition) is 3. The molecule has 4 heteroatoms. The Morgan fingerprint density at radius 3 is 2.70 bits per heavy atom. The summed E-state index contributed by atoms with van der Waals surface area (Å²) >= 11 is 0. The molecule has 0 unspecified atom stereocenters. The van der Waals surface area contributed by atoms with Gasteiger partial charge in [-0.25, -0.2) is 0 Å². The maximum Gasteiger partial charge on any atom is 0.0843 e. The van der Waals surface area contributed by atoms with Gasteiger partial charge < -0.3 is 9.88 Å². The van der Waals surface area contributed by atoms with E-state index in [4.69, 9.17) is 0 Å². The van der Waals surface area contributed by atoms with E-state index in [2.05, 4.69) is 69.2 Å². The van der Waals surface area contributed by atoms with E-state index in [1.165, 1.54) is 33.4 Å². The molecular weight excluding hydrogens is 284 g/mol. The summed E-state index contributed by atoms with van der Waals surface area (Å²) in [6, 6.07) is 15.3. The van der Waals surface area contributed by atoms with Crippen molar-refractivity contribution in [2.75, 3.05) is 24.5 Å². The topological polar surface area (TPSA) is 43.1 Å². The molecule has 3 aromatic rings. The van der Waals surface area contributed by atoms with E-state index < -0.39 is 0 Å². The molecule has 0 spiro atoms. The predicted molar refractivity (Wildman–Crippen MR) is 94.2 cm³/mol. The Balaban J connectivity index is 1.68. The van der Waals surface area contributed by atoms with Crippen LogP contribution in [0.4, 0.5) is 11.4 Å². The first kappa shape index (κ1) is 13.2. The lowest BCUT2D eigenvalue weighted by atomic mass is 10.1. The average Bonchev–Trinajstić information content (AvgIpc) is 3.33. The number of benzene rings is 2. The smallest absolute Gasteiger partial charge is 0.0843 e. The summed E-state index contributed by atoms with van der Waals surface area (Å²) in [5, 5.41) is 8.43. The second-order valence-corrected chi connectivity index (χ2v) is 6.32. The standard InChI is InChI=1S/C19H20N4/c1-2-7-16-13(4-1)8-11-23(16)17-12-22-15-6-3-5-14(18(15)17)19-20-9-10-21-19/h1-7,12,19-22H,8-11H2. The van der Waals surface area contributed by atoms with Crippen LogP contribution in [0.5, 0.6) is 0 Å². The minimum Gasteiger partial charge on any atom is -0.359 e. The van der Waals surface area contributed by atoms with Crippen LogP contribution in [0.15, 0.2) is 48.7 Å². The van der Waals surface area contributed by atoms with Crippen LogP contribution in [0.1, 0.15) is 17.3 Å². The molecule has 1 fully saturated rings. The number of nitrogens with one attached hydrogen (secondary N) is 3. The van der Waals surface area contributed by atoms with E-state index in [0.29, 0.717) is 0 Å². The number of aromatic amines is 1. The molecule has 0 radical (unpaired) electrons. The van der Waals surface area contributed by atoms with Crippen LogP contribution in [-0.4, -0.2) is 24.6 Å². The Morgan fingerprint density at radius 1 is 0.913 bits per heavy atom. The van der Waals surface area contributed by atoms with Crippen molar-refractivity contribution >= 4 is 22.3 Å². The molecule has 2 aromatic carbocycles. The number of anilines is 2. The molecular formula is C19H20N4. The summed E-state index contributed by atoms with van der Waals surface area (Å²) in [7, 11) is 0. The molecule has 3 heterocycles. The third-order valence-corrected chi connectivity index (χ3v) is 5.03. The Kier molecular flexibility index (Phi) is 2.93. The predicted octanol–water partition coefficient (Wildman–Crippen LogP) is 3.05. The zero-order chi connectivity index (χ0) is 15.2. The minimum absolute atomic E-state index is 0.242. The summed E-state index contributed by atoms with van der Waals surface area (Å²) in [6.07, 6.45) is 3.52. The molecule has 0 saturated carbocycles. The molecule has 23 heavy (non-hydrogen) atoms. The number of fused-ring (bicyclic) bond motifs is 2. The summed E-state index contributed by atoms with van der Waals surface area (Å²) in [6.45, 7) is 3.09. The van der Waals surface area contributed by atoms with Gasteiger partial charge in [0.05, 0.1) is 11.9 Å². The maximum atomic E-state index is 3.55. The highest BCUT2D eigenvalue weighted by Gasteiger charge is 2.25. The van der Waals surface area contributed by atoms with Gasteiger partial charge in [-0.05, 0) is 29.7 Å². The van der Waals surface area contributed by atoms with Crippen LogP contribution < -0.4 is 15.5 Å². The van der Waals surface area contributed by atoms with Crippen LogP contribution in [0.3, 0.4) is 0 Å². The minimum atomic E-state index is 0.242. The van der Waals surface area contributed by atoms with E-state index in [1.807, 2.05) is 0 Å². The Labute approximate surface area is 135 Å². The van der Waals surface area contributed by atoms with Crippen molar-refractivity contribution < 1.29 is 0 Å². The lowest BCUT2D eigenvalue weighted by Gasteiger charge is -2.21. The van der Waals surface area contributed by atoms with Crippen molar-refractivity contribution in [3.63, 3.8) is 0 Å². The van der Waals surface area contributed by atoms with Gasteiger partial charge in [-0.1, -0.05) is 30.3 Å². The first-order chi connectivity index (χ1) is 11.4. The molecule has 2 aliphatic rings. The first-order valence-electron chi connectivity index (χ1n) is 8.34. The highest BCUT2D eigenvalue weighted by Crippen LogP contribution is 2.40. The summed E-state index contributed by atoms with van der Waals surface area (Å²) in [5.74, 6) is 0. The van der Waals surface area contributed by atoms with Crippen LogP contribution >= 0.6 is 0 Å². The molecule has 0 bridgehead atoms. The van der Waals surface area contributed by atoms with Gasteiger partial charge >= 0.3 is 0 Å². The molecule has 116 valence electrons. The molecule has 3 N–H and O–H groups in total. The molecule has 0 atom stereocenters. The second kappa shape index (κ2) is 5.11. The first-order valence-corrected chi connectivity index (χ1v) is 8.34. The van der Waals surface area contributed by atoms with Gasteiger partial charge in [0.15, 0.2) is 0 Å². The van der Waals surface area contributed by atoms with Crippen LogP contribution in [0, 0.1) is 0 Å². The number of hydrogen-bond acceptors (Lipinski definition) is 3. The number of H-pyrrole nitrogens is 1. The zero-order valence-corrected chi connectivity index (χ0v) is 13.0. The quantitative estimate of drug-likeness (QED) is 0.682. The van der Waals surface area contributed by atoms with Crippen molar-refractivity contribution in [1.29, 1.82) is 0 Å². The van der Waals surface area contributed by atoms with Gasteiger partial charge in [0, 0.05) is 42.4 Å². The van der Waals surface area contributed by atoms with E-state index in [9.17, 15) is 0 Å². The third-order valence-electron chi connectivity index (χ3n) is 5.03. The van der Waals surface area contributed by atoms with Crippen molar-refractivity contribution in [2.45, 2.75) is 12.6 Å². The van der Waals surface area contributed by atoms with Gasteiger partial charge in [0.1, 0.15) is 0 Å². The average molecular weight is 304 g/mol. The number of aromatic nitrogens is 1. The van der Waals surface area contributed by atoms with E-state index in [0.717, 1.165) is 26.1 Å². The fourth-order valence-corrected chi connectivity index (χ4v) is 3.96. The van der Waals surface area contributed by atoms with E-state index in [1.54, 1.807) is 0 Å². The van der Waals surface area contributed by atoms with E-state index >= 15 is 0 Å². The molecule has 0 amide bonds. The molecule has 1 saturated heterocycles. The van der Waals surface area contributed by atoms with Gasteiger partial charge in [-0.3, -0.25) is 10.6 Å². The van der Waals surface area contributed by atoms with Crippen LogP contribution in [0.25, 0.3) is 10.9 Å². The Bertz CT molecular complexity index is 861. The molecule has 0 aliphatic carbocycles. The normalized spacial score (nSPS) is 18.0. The summed E-state index contributed by atoms with van der Waals surface area (Å²) < 4.78 is 0. The highest BCUT2D eigenvalue weighted by molar-refractivity contribution is 5.98. The highest BCUT2D eigenvalue weighted by atomic mass is 15.2. The van der Waals surface area contributed by atoms with E-state index in [-0.39, 0.29) is 6.17 Å². The third kappa shape index (κ3) is 1.99. The fourth-order valence-electron chi connectivity index (χ4n) is 3.96. The molecule has 4 nitrogen and oxygen atoms in total. The van der Waals surface area contributed by atoms with Crippen molar-refractivity contribution in [2.24, 2.45) is 0 Å². The fraction of sp³-hybridized carbons (Fsp3) is 0.263. The zero-order valence-electron chi connectivity index (χ0n) is 13.0. The van der Waals surface area contributed by atoms with Gasteiger partial charge in [-0.2, -0.15) is 0 Å². The monoisotopic (exact) mass is 304 g/mol. The van der Waals surface area contributed by atoms with Gasteiger partial charge in [0.2, 0.25) is 0 Å². The molecule has 5 rings (SSSR count). The molecule has 1 aromatic heterocycles. The molecule has 2 aliphatic heterocycles. The largest absolute Gasteiger partial charge is 0.359 e.